The third kappa shape index (κ3) is 1.96. The molecule has 1 N–H and O–H groups in total. The smallest absolute Gasteiger partial charge is 0.135 e. The van der Waals surface area contributed by atoms with Gasteiger partial charge in [0.15, 0.2) is 0 Å². The molecule has 18 heavy (non-hydrogen) atoms. The maximum absolute atomic E-state index is 10.7. The van der Waals surface area contributed by atoms with Gasteiger partial charge in [-0.2, -0.15) is 0 Å². The minimum Gasteiger partial charge on any atom is -0.484 e. The Kier molecular flexibility index (Phi) is 3.12. The first-order valence-corrected chi connectivity index (χ1v) is 7.66. The zero-order valence-electron chi connectivity index (χ0n) is 11.1. The largest absolute Gasteiger partial charge is 0.484 e. The molecule has 1 saturated heterocycles. The lowest BCUT2D eigenvalue weighted by Gasteiger charge is -2.46. The first-order valence-electron chi connectivity index (χ1n) is 6.78. The Hall–Kier alpha value is -0.580. The maximum atomic E-state index is 10.7. The normalized spacial score (nSPS) is 31.7. The fourth-order valence-corrected chi connectivity index (χ4v) is 4.02. The van der Waals surface area contributed by atoms with Crippen LogP contribution < -0.4 is 4.74 Å². The number of piperidine rings is 1. The van der Waals surface area contributed by atoms with Crippen molar-refractivity contribution in [2.75, 3.05) is 13.1 Å². The number of ether oxygens (including phenoxy) is 1. The number of fused-ring (bicyclic) bond motifs is 1. The summed E-state index contributed by atoms with van der Waals surface area (Å²) in [5.74, 6) is 0.964. The molecule has 1 fully saturated rings. The van der Waals surface area contributed by atoms with Crippen LogP contribution in [0.25, 0.3) is 0 Å². The summed E-state index contributed by atoms with van der Waals surface area (Å²) in [5, 5.41) is 12.7. The molecule has 0 saturated carbocycles. The van der Waals surface area contributed by atoms with E-state index in [1.165, 1.54) is 24.1 Å². The topological polar surface area (TPSA) is 32.7 Å². The standard InChI is InChI=1S/C14H21NO2S/c1-14(2)13(16)11(15-7-4-3-5-8-15)12-10(17-14)6-9-18-12/h6,9,11,13,16H,3-5,7-8H2,1-2H3. The molecule has 1 aromatic heterocycles. The van der Waals surface area contributed by atoms with Crippen molar-refractivity contribution in [1.29, 1.82) is 0 Å². The van der Waals surface area contributed by atoms with Crippen LogP contribution in [0.4, 0.5) is 0 Å². The SMILES string of the molecule is CC1(C)Oc2ccsc2C(N2CCCCC2)C1O. The average molecular weight is 267 g/mol. The second-order valence-corrected chi connectivity index (χ2v) is 6.79. The molecule has 0 aromatic carbocycles. The van der Waals surface area contributed by atoms with Crippen LogP contribution in [0.2, 0.25) is 0 Å². The minimum atomic E-state index is -0.504. The predicted octanol–water partition coefficient (Wildman–Crippen LogP) is 2.81. The molecule has 3 rings (SSSR count). The van der Waals surface area contributed by atoms with Crippen LogP contribution in [0.15, 0.2) is 11.4 Å². The third-order valence-electron chi connectivity index (χ3n) is 4.09. The molecule has 0 aliphatic carbocycles. The van der Waals surface area contributed by atoms with Gasteiger partial charge in [0.05, 0.1) is 10.9 Å². The van der Waals surface area contributed by atoms with Crippen LogP contribution in [-0.4, -0.2) is 34.8 Å². The van der Waals surface area contributed by atoms with E-state index in [4.69, 9.17) is 4.74 Å². The number of aliphatic hydroxyl groups excluding tert-OH is 1. The number of likely N-dealkylation sites (tertiary alicyclic amines) is 1. The first-order chi connectivity index (χ1) is 8.59. The molecule has 2 unspecified atom stereocenters. The van der Waals surface area contributed by atoms with E-state index in [1.807, 2.05) is 19.9 Å². The van der Waals surface area contributed by atoms with Gasteiger partial charge in [-0.3, -0.25) is 4.90 Å². The summed E-state index contributed by atoms with van der Waals surface area (Å²) in [5.41, 5.74) is -0.504. The van der Waals surface area contributed by atoms with Gasteiger partial charge in [-0.05, 0) is 51.2 Å². The van der Waals surface area contributed by atoms with Gasteiger partial charge in [-0.15, -0.1) is 11.3 Å². The summed E-state index contributed by atoms with van der Waals surface area (Å²) in [7, 11) is 0. The highest BCUT2D eigenvalue weighted by Crippen LogP contribution is 2.46. The van der Waals surface area contributed by atoms with Gasteiger partial charge in [0, 0.05) is 0 Å². The molecule has 0 bridgehead atoms. The molecule has 0 radical (unpaired) electrons. The van der Waals surface area contributed by atoms with Crippen LogP contribution in [0.5, 0.6) is 5.75 Å². The minimum absolute atomic E-state index is 0.115. The van der Waals surface area contributed by atoms with Crippen molar-refractivity contribution in [2.45, 2.75) is 50.9 Å². The van der Waals surface area contributed by atoms with Crippen molar-refractivity contribution in [1.82, 2.24) is 4.90 Å². The van der Waals surface area contributed by atoms with E-state index in [0.29, 0.717) is 0 Å². The number of hydrogen-bond acceptors (Lipinski definition) is 4. The molecule has 2 aliphatic rings. The molecule has 0 amide bonds. The van der Waals surface area contributed by atoms with Crippen molar-refractivity contribution < 1.29 is 9.84 Å². The highest BCUT2D eigenvalue weighted by atomic mass is 32.1. The number of nitrogens with zero attached hydrogens (tertiary/aromatic N) is 1. The quantitative estimate of drug-likeness (QED) is 0.849. The van der Waals surface area contributed by atoms with Crippen molar-refractivity contribution in [3.63, 3.8) is 0 Å². The lowest BCUT2D eigenvalue weighted by Crippen LogP contribution is -2.53. The van der Waals surface area contributed by atoms with E-state index in [0.717, 1.165) is 18.8 Å². The molecule has 2 atom stereocenters. The van der Waals surface area contributed by atoms with Gasteiger partial charge in [0.25, 0.3) is 0 Å². The molecule has 1 aromatic rings. The van der Waals surface area contributed by atoms with Gasteiger partial charge in [0.2, 0.25) is 0 Å². The predicted molar refractivity (Wildman–Crippen MR) is 73.2 cm³/mol. The Morgan fingerprint density at radius 2 is 2.06 bits per heavy atom. The van der Waals surface area contributed by atoms with Crippen molar-refractivity contribution >= 4 is 11.3 Å². The Bertz CT molecular complexity index is 423. The van der Waals surface area contributed by atoms with Crippen molar-refractivity contribution in [2.24, 2.45) is 0 Å². The third-order valence-corrected chi connectivity index (χ3v) is 5.06. The van der Waals surface area contributed by atoms with Gasteiger partial charge in [-0.1, -0.05) is 6.42 Å². The highest BCUT2D eigenvalue weighted by molar-refractivity contribution is 7.10. The van der Waals surface area contributed by atoms with Crippen molar-refractivity contribution in [3.8, 4) is 5.75 Å². The second kappa shape index (κ2) is 4.51. The van der Waals surface area contributed by atoms with Gasteiger partial charge in [-0.25, -0.2) is 0 Å². The molecule has 4 heteroatoms. The zero-order chi connectivity index (χ0) is 12.8. The van der Waals surface area contributed by atoms with Crippen LogP contribution in [0.1, 0.15) is 44.0 Å². The number of thiophene rings is 1. The van der Waals surface area contributed by atoms with Gasteiger partial charge < -0.3 is 9.84 Å². The van der Waals surface area contributed by atoms with E-state index in [1.54, 1.807) is 11.3 Å². The first kappa shape index (κ1) is 12.5. The lowest BCUT2D eigenvalue weighted by atomic mass is 9.89. The monoisotopic (exact) mass is 267 g/mol. The van der Waals surface area contributed by atoms with E-state index in [2.05, 4.69) is 10.3 Å². The maximum Gasteiger partial charge on any atom is 0.135 e. The number of rotatable bonds is 1. The Morgan fingerprint density at radius 1 is 1.33 bits per heavy atom. The zero-order valence-corrected chi connectivity index (χ0v) is 11.9. The Labute approximate surface area is 112 Å². The van der Waals surface area contributed by atoms with Crippen LogP contribution >= 0.6 is 11.3 Å². The summed E-state index contributed by atoms with van der Waals surface area (Å²) in [4.78, 5) is 3.64. The Morgan fingerprint density at radius 3 is 2.78 bits per heavy atom. The second-order valence-electron chi connectivity index (χ2n) is 5.84. The summed E-state index contributed by atoms with van der Waals surface area (Å²) < 4.78 is 5.93. The van der Waals surface area contributed by atoms with Crippen LogP contribution in [-0.2, 0) is 0 Å². The highest BCUT2D eigenvalue weighted by Gasteiger charge is 2.46. The van der Waals surface area contributed by atoms with Crippen LogP contribution in [0, 0.1) is 0 Å². The summed E-state index contributed by atoms with van der Waals surface area (Å²) in [6.07, 6.45) is 3.34. The number of hydrogen-bond donors (Lipinski definition) is 1. The van der Waals surface area contributed by atoms with E-state index in [9.17, 15) is 5.11 Å². The van der Waals surface area contributed by atoms with E-state index >= 15 is 0 Å². The van der Waals surface area contributed by atoms with E-state index < -0.39 is 11.7 Å². The molecular weight excluding hydrogens is 246 g/mol. The summed E-state index contributed by atoms with van der Waals surface area (Å²) in [6.45, 7) is 6.15. The van der Waals surface area contributed by atoms with Gasteiger partial charge >= 0.3 is 0 Å². The summed E-state index contributed by atoms with van der Waals surface area (Å²) >= 11 is 1.70. The average Bonchev–Trinajstić information content (AvgIpc) is 2.78. The van der Waals surface area contributed by atoms with Crippen molar-refractivity contribution in [3.05, 3.63) is 16.3 Å². The fourth-order valence-electron chi connectivity index (χ4n) is 3.04. The van der Waals surface area contributed by atoms with E-state index in [-0.39, 0.29) is 6.04 Å². The van der Waals surface area contributed by atoms with Crippen LogP contribution in [0.3, 0.4) is 0 Å². The Balaban J connectivity index is 1.96. The molecule has 2 aliphatic heterocycles. The molecule has 3 nitrogen and oxygen atoms in total. The number of aliphatic hydroxyl groups is 1. The van der Waals surface area contributed by atoms with Gasteiger partial charge in [0.1, 0.15) is 17.5 Å². The molecular formula is C14H21NO2S. The molecule has 0 spiro atoms. The molecule has 100 valence electrons. The lowest BCUT2D eigenvalue weighted by molar-refractivity contribution is -0.0943. The molecule has 3 heterocycles. The fraction of sp³-hybridized carbons (Fsp3) is 0.714. The summed E-state index contributed by atoms with van der Waals surface area (Å²) in [6, 6.07) is 2.15.